The summed E-state index contributed by atoms with van der Waals surface area (Å²) in [6.07, 6.45) is 0. The standard InChI is InChI=1S/C14H13N9S/c1-7-3-4-9(5-10(7)19-20-11(6-15)12(16)17)13-22-23-8(2)18-21-14(23)24-13/h3-5,19H,1-2H3,(H3,16,17)/b20-11+. The van der Waals surface area contributed by atoms with Gasteiger partial charge in [0.2, 0.25) is 10.7 Å². The highest BCUT2D eigenvalue weighted by Crippen LogP contribution is 2.29. The van der Waals surface area contributed by atoms with Crippen molar-refractivity contribution in [2.45, 2.75) is 13.8 Å². The number of nitrogens with two attached hydrogens (primary N) is 1. The molecule has 120 valence electrons. The van der Waals surface area contributed by atoms with Crippen LogP contribution in [0.5, 0.6) is 0 Å². The smallest absolute Gasteiger partial charge is 0.234 e. The van der Waals surface area contributed by atoms with Crippen LogP contribution in [0.4, 0.5) is 5.69 Å². The van der Waals surface area contributed by atoms with Gasteiger partial charge in [0.15, 0.2) is 11.7 Å². The first kappa shape index (κ1) is 15.6. The Hall–Kier alpha value is -3.32. The van der Waals surface area contributed by atoms with Gasteiger partial charge in [0.1, 0.15) is 11.1 Å². The predicted molar refractivity (Wildman–Crippen MR) is 92.2 cm³/mol. The highest BCUT2D eigenvalue weighted by atomic mass is 32.1. The molecule has 9 nitrogen and oxygen atoms in total. The Labute approximate surface area is 141 Å². The summed E-state index contributed by atoms with van der Waals surface area (Å²) in [5.74, 6) is 0.339. The van der Waals surface area contributed by atoms with E-state index in [1.54, 1.807) is 10.6 Å². The summed E-state index contributed by atoms with van der Waals surface area (Å²) < 4.78 is 1.69. The van der Waals surface area contributed by atoms with E-state index in [0.717, 1.165) is 26.9 Å². The Kier molecular flexibility index (Phi) is 3.93. The van der Waals surface area contributed by atoms with Gasteiger partial charge in [-0.2, -0.15) is 20.0 Å². The number of anilines is 1. The molecule has 0 fully saturated rings. The number of aryl methyl sites for hydroxylation is 2. The molecule has 0 unspecified atom stereocenters. The fourth-order valence-electron chi connectivity index (χ4n) is 1.97. The molecule has 24 heavy (non-hydrogen) atoms. The number of hydrogen-bond donors (Lipinski definition) is 3. The average Bonchev–Trinajstić information content (AvgIpc) is 3.12. The van der Waals surface area contributed by atoms with E-state index in [-0.39, 0.29) is 11.5 Å². The molecular formula is C14H13N9S. The third-order valence-corrected chi connectivity index (χ3v) is 4.23. The molecule has 2 aromatic heterocycles. The second-order valence-electron chi connectivity index (χ2n) is 4.98. The predicted octanol–water partition coefficient (Wildman–Crippen LogP) is 1.70. The van der Waals surface area contributed by atoms with Crippen molar-refractivity contribution in [2.24, 2.45) is 10.8 Å². The molecule has 0 bridgehead atoms. The van der Waals surface area contributed by atoms with Crippen LogP contribution in [0.25, 0.3) is 15.5 Å². The lowest BCUT2D eigenvalue weighted by Gasteiger charge is -2.07. The number of rotatable bonds is 4. The molecule has 3 aromatic rings. The maximum atomic E-state index is 8.89. The first-order valence-electron chi connectivity index (χ1n) is 6.87. The topological polar surface area (TPSA) is 141 Å². The van der Waals surface area contributed by atoms with Crippen molar-refractivity contribution in [3.05, 3.63) is 29.6 Å². The van der Waals surface area contributed by atoms with Crippen LogP contribution in [0.15, 0.2) is 23.3 Å². The molecule has 0 atom stereocenters. The maximum absolute atomic E-state index is 8.89. The van der Waals surface area contributed by atoms with E-state index in [0.29, 0.717) is 5.69 Å². The number of aromatic nitrogens is 4. The number of fused-ring (bicyclic) bond motifs is 1. The van der Waals surface area contributed by atoms with Crippen molar-refractivity contribution in [1.82, 2.24) is 19.8 Å². The Morgan fingerprint density at radius 3 is 2.88 bits per heavy atom. The summed E-state index contributed by atoms with van der Waals surface area (Å²) in [4.78, 5) is 0.721. The van der Waals surface area contributed by atoms with Crippen LogP contribution < -0.4 is 11.2 Å². The van der Waals surface area contributed by atoms with Crippen molar-refractivity contribution >= 4 is 33.5 Å². The van der Waals surface area contributed by atoms with Crippen LogP contribution in [0, 0.1) is 30.6 Å². The third-order valence-electron chi connectivity index (χ3n) is 3.28. The summed E-state index contributed by atoms with van der Waals surface area (Å²) >= 11 is 1.43. The quantitative estimate of drug-likeness (QED) is 0.375. The van der Waals surface area contributed by atoms with Gasteiger partial charge in [-0.25, -0.2) is 0 Å². The van der Waals surface area contributed by atoms with Crippen molar-refractivity contribution in [1.29, 1.82) is 10.7 Å². The number of hydrogen-bond acceptors (Lipinski definition) is 8. The molecule has 0 spiro atoms. The van der Waals surface area contributed by atoms with E-state index in [4.69, 9.17) is 16.4 Å². The van der Waals surface area contributed by atoms with Gasteiger partial charge < -0.3 is 5.73 Å². The summed E-state index contributed by atoms with van der Waals surface area (Å²) in [7, 11) is 0. The van der Waals surface area contributed by atoms with Gasteiger partial charge in [-0.15, -0.1) is 10.2 Å². The minimum Gasteiger partial charge on any atom is -0.382 e. The molecule has 0 aliphatic heterocycles. The van der Waals surface area contributed by atoms with Crippen LogP contribution >= 0.6 is 11.3 Å². The molecule has 0 saturated carbocycles. The van der Waals surface area contributed by atoms with Crippen molar-refractivity contribution in [2.75, 3.05) is 5.43 Å². The fourth-order valence-corrected chi connectivity index (χ4v) is 2.85. The summed E-state index contributed by atoms with van der Waals surface area (Å²) in [5, 5.41) is 33.3. The zero-order valence-corrected chi connectivity index (χ0v) is 13.7. The van der Waals surface area contributed by atoms with Crippen molar-refractivity contribution in [3.8, 4) is 16.6 Å². The highest BCUT2D eigenvalue weighted by Gasteiger charge is 2.12. The van der Waals surface area contributed by atoms with Crippen LogP contribution in [0.2, 0.25) is 0 Å². The number of nitrogens with zero attached hydrogens (tertiary/aromatic N) is 6. The van der Waals surface area contributed by atoms with Gasteiger partial charge in [-0.3, -0.25) is 10.8 Å². The van der Waals surface area contributed by atoms with E-state index in [1.165, 1.54) is 11.3 Å². The van der Waals surface area contributed by atoms with Gasteiger partial charge in [0, 0.05) is 5.56 Å². The van der Waals surface area contributed by atoms with Crippen molar-refractivity contribution < 1.29 is 0 Å². The molecule has 10 heteroatoms. The molecule has 0 aliphatic carbocycles. The largest absolute Gasteiger partial charge is 0.382 e. The van der Waals surface area contributed by atoms with Crippen LogP contribution in [-0.2, 0) is 0 Å². The number of nitrogens with one attached hydrogen (secondary N) is 2. The van der Waals surface area contributed by atoms with Gasteiger partial charge in [-0.1, -0.05) is 23.5 Å². The Morgan fingerprint density at radius 1 is 1.42 bits per heavy atom. The molecule has 0 aliphatic rings. The fraction of sp³-hybridized carbons (Fsp3) is 0.143. The minimum atomic E-state index is -0.386. The minimum absolute atomic E-state index is 0.172. The van der Waals surface area contributed by atoms with Gasteiger partial charge in [0.05, 0.1) is 5.69 Å². The van der Waals surface area contributed by atoms with E-state index in [9.17, 15) is 0 Å². The van der Waals surface area contributed by atoms with Crippen LogP contribution in [0.3, 0.4) is 0 Å². The second-order valence-corrected chi connectivity index (χ2v) is 5.93. The maximum Gasteiger partial charge on any atom is 0.234 e. The summed E-state index contributed by atoms with van der Waals surface area (Å²) in [6.45, 7) is 3.75. The normalized spacial score (nSPS) is 11.5. The zero-order chi connectivity index (χ0) is 17.3. The van der Waals surface area contributed by atoms with Gasteiger partial charge in [0.25, 0.3) is 0 Å². The van der Waals surface area contributed by atoms with Crippen LogP contribution in [-0.4, -0.2) is 31.4 Å². The molecule has 0 radical (unpaired) electrons. The summed E-state index contributed by atoms with van der Waals surface area (Å²) in [5.41, 5.74) is 10.4. The van der Waals surface area contributed by atoms with E-state index >= 15 is 0 Å². The second kappa shape index (κ2) is 6.05. The van der Waals surface area contributed by atoms with Crippen molar-refractivity contribution in [3.63, 3.8) is 0 Å². The SMILES string of the molecule is Cc1ccc(-c2nn3c(C)nnc3s2)cc1N/N=C(\C#N)C(=N)N. The summed E-state index contributed by atoms with van der Waals surface area (Å²) in [6, 6.07) is 7.50. The zero-order valence-electron chi connectivity index (χ0n) is 12.9. The first-order valence-corrected chi connectivity index (χ1v) is 7.69. The van der Waals surface area contributed by atoms with E-state index < -0.39 is 0 Å². The average molecular weight is 339 g/mol. The van der Waals surface area contributed by atoms with Gasteiger partial charge >= 0.3 is 0 Å². The number of hydrazone groups is 1. The molecule has 4 N–H and O–H groups in total. The lowest BCUT2D eigenvalue weighted by atomic mass is 10.1. The molecule has 3 rings (SSSR count). The third kappa shape index (κ3) is 2.80. The van der Waals surface area contributed by atoms with Gasteiger partial charge in [-0.05, 0) is 25.5 Å². The molecular weight excluding hydrogens is 326 g/mol. The Bertz CT molecular complexity index is 1010. The molecule has 2 heterocycles. The molecule has 0 saturated heterocycles. The lowest BCUT2D eigenvalue weighted by molar-refractivity contribution is 0.898. The monoisotopic (exact) mass is 339 g/mol. The lowest BCUT2D eigenvalue weighted by Crippen LogP contribution is -2.21. The number of benzene rings is 1. The molecule has 0 amide bonds. The first-order chi connectivity index (χ1) is 11.5. The highest BCUT2D eigenvalue weighted by molar-refractivity contribution is 7.19. The number of nitriles is 1. The Balaban J connectivity index is 1.96. The number of amidine groups is 1. The molecule has 1 aromatic carbocycles. The van der Waals surface area contributed by atoms with Crippen LogP contribution in [0.1, 0.15) is 11.4 Å². The Morgan fingerprint density at radius 2 is 2.21 bits per heavy atom. The van der Waals surface area contributed by atoms with E-state index in [2.05, 4.69) is 25.8 Å². The van der Waals surface area contributed by atoms with E-state index in [1.807, 2.05) is 32.0 Å².